The van der Waals surface area contributed by atoms with Gasteiger partial charge in [0.2, 0.25) is 0 Å². The highest BCUT2D eigenvalue weighted by atomic mass is 35.5. The van der Waals surface area contributed by atoms with Crippen molar-refractivity contribution in [3.63, 3.8) is 0 Å². The number of aromatic nitrogens is 2. The van der Waals surface area contributed by atoms with Gasteiger partial charge in [0.05, 0.1) is 21.8 Å². The van der Waals surface area contributed by atoms with Crippen LogP contribution in [-0.2, 0) is 9.53 Å². The molecule has 4 rings (SSSR count). The third-order valence-electron chi connectivity index (χ3n) is 4.76. The number of benzene rings is 1. The number of hydrogen-bond acceptors (Lipinski definition) is 6. The van der Waals surface area contributed by atoms with E-state index in [4.69, 9.17) is 16.3 Å². The van der Waals surface area contributed by atoms with Crippen molar-refractivity contribution < 1.29 is 9.53 Å². The van der Waals surface area contributed by atoms with Gasteiger partial charge in [-0.2, -0.15) is 0 Å². The lowest BCUT2D eigenvalue weighted by Gasteiger charge is -2.24. The molecule has 0 N–H and O–H groups in total. The molecule has 1 aliphatic heterocycles. The Balaban J connectivity index is 1.94. The number of pyridine rings is 1. The molecule has 0 bridgehead atoms. The van der Waals surface area contributed by atoms with Gasteiger partial charge >= 0.3 is 5.97 Å². The number of ether oxygens (including phenoxy) is 1. The quantitative estimate of drug-likeness (QED) is 0.441. The van der Waals surface area contributed by atoms with Gasteiger partial charge in [-0.25, -0.2) is 9.79 Å². The van der Waals surface area contributed by atoms with Crippen LogP contribution in [0.5, 0.6) is 0 Å². The zero-order chi connectivity index (χ0) is 22.0. The summed E-state index contributed by atoms with van der Waals surface area (Å²) in [6.45, 7) is 5.39. The molecule has 8 heteroatoms. The van der Waals surface area contributed by atoms with Crippen LogP contribution in [0.4, 0.5) is 0 Å². The van der Waals surface area contributed by atoms with E-state index in [-0.39, 0.29) is 12.2 Å². The number of nitrogens with zero attached hydrogens (tertiary/aromatic N) is 3. The molecule has 31 heavy (non-hydrogen) atoms. The molecule has 1 aromatic carbocycles. The van der Waals surface area contributed by atoms with Crippen LogP contribution >= 0.6 is 22.9 Å². The lowest BCUT2D eigenvalue weighted by molar-refractivity contribution is -0.138. The van der Waals surface area contributed by atoms with Crippen molar-refractivity contribution in [1.29, 1.82) is 0 Å². The SMILES string of the molecule is C=CCOC(=O)C1=C(C)N=c2sc(=Cc3ccncc3)c(=O)n2C1c1ccc(Cl)cc1. The zero-order valence-electron chi connectivity index (χ0n) is 16.6. The Morgan fingerprint density at radius 1 is 1.26 bits per heavy atom. The third kappa shape index (κ3) is 4.15. The summed E-state index contributed by atoms with van der Waals surface area (Å²) in [5.74, 6) is -0.537. The molecule has 0 fully saturated rings. The van der Waals surface area contributed by atoms with E-state index in [0.29, 0.717) is 25.6 Å². The highest BCUT2D eigenvalue weighted by Gasteiger charge is 2.33. The number of thiazole rings is 1. The minimum Gasteiger partial charge on any atom is -0.458 e. The molecule has 0 saturated heterocycles. The topological polar surface area (TPSA) is 73.6 Å². The smallest absolute Gasteiger partial charge is 0.338 e. The fourth-order valence-corrected chi connectivity index (χ4v) is 4.54. The van der Waals surface area contributed by atoms with Crippen molar-refractivity contribution in [3.05, 3.63) is 109 Å². The predicted octanol–water partition coefficient (Wildman–Crippen LogP) is 3.01. The molecule has 1 aliphatic rings. The van der Waals surface area contributed by atoms with Gasteiger partial charge in [0.25, 0.3) is 5.56 Å². The van der Waals surface area contributed by atoms with Gasteiger partial charge in [-0.15, -0.1) is 0 Å². The number of esters is 1. The fourth-order valence-electron chi connectivity index (χ4n) is 3.37. The van der Waals surface area contributed by atoms with Gasteiger partial charge in [0, 0.05) is 17.4 Å². The maximum Gasteiger partial charge on any atom is 0.338 e. The summed E-state index contributed by atoms with van der Waals surface area (Å²) in [7, 11) is 0. The molecule has 0 saturated carbocycles. The molecule has 0 radical (unpaired) electrons. The molecule has 6 nitrogen and oxygen atoms in total. The van der Waals surface area contributed by atoms with Crippen LogP contribution in [0.1, 0.15) is 24.1 Å². The molecule has 1 atom stereocenters. The number of carbonyl (C=O) groups is 1. The zero-order valence-corrected chi connectivity index (χ0v) is 18.2. The van der Waals surface area contributed by atoms with Crippen LogP contribution in [0, 0.1) is 0 Å². The second-order valence-corrected chi connectivity index (χ2v) is 8.25. The maximum atomic E-state index is 13.4. The van der Waals surface area contributed by atoms with Gasteiger partial charge in [0.15, 0.2) is 4.80 Å². The highest BCUT2D eigenvalue weighted by Crippen LogP contribution is 2.31. The van der Waals surface area contributed by atoms with Crippen molar-refractivity contribution in [2.24, 2.45) is 4.99 Å². The Morgan fingerprint density at radius 3 is 2.65 bits per heavy atom. The number of carbonyl (C=O) groups excluding carboxylic acids is 1. The van der Waals surface area contributed by atoms with E-state index >= 15 is 0 Å². The van der Waals surface area contributed by atoms with Crippen LogP contribution in [0.15, 0.2) is 82.5 Å². The second-order valence-electron chi connectivity index (χ2n) is 6.80. The largest absolute Gasteiger partial charge is 0.458 e. The minimum absolute atomic E-state index is 0.0649. The van der Waals surface area contributed by atoms with E-state index < -0.39 is 12.0 Å². The van der Waals surface area contributed by atoms with E-state index in [1.165, 1.54) is 17.4 Å². The number of hydrogen-bond donors (Lipinski definition) is 0. The van der Waals surface area contributed by atoms with Crippen molar-refractivity contribution in [2.75, 3.05) is 6.61 Å². The standard InChI is InChI=1S/C23H18ClN3O3S/c1-3-12-30-22(29)19-14(2)26-23-27(20(19)16-4-6-17(24)7-5-16)21(28)18(31-23)13-15-8-10-25-11-9-15/h3-11,13,20H,1,12H2,2H3. The van der Waals surface area contributed by atoms with E-state index in [2.05, 4.69) is 16.6 Å². The molecule has 0 spiro atoms. The number of rotatable bonds is 5. The van der Waals surface area contributed by atoms with E-state index in [1.807, 2.05) is 12.1 Å². The molecule has 3 heterocycles. The molecule has 2 aromatic heterocycles. The predicted molar refractivity (Wildman–Crippen MR) is 121 cm³/mol. The van der Waals surface area contributed by atoms with E-state index in [9.17, 15) is 9.59 Å². The first-order chi connectivity index (χ1) is 15.0. The number of allylic oxidation sites excluding steroid dienone is 1. The number of fused-ring (bicyclic) bond motifs is 1. The van der Waals surface area contributed by atoms with E-state index in [1.54, 1.807) is 54.2 Å². The van der Waals surface area contributed by atoms with Gasteiger partial charge in [-0.05, 0) is 48.4 Å². The third-order valence-corrected chi connectivity index (χ3v) is 6.00. The maximum absolute atomic E-state index is 13.4. The van der Waals surface area contributed by atoms with Crippen LogP contribution in [0.3, 0.4) is 0 Å². The number of halogens is 1. The summed E-state index contributed by atoms with van der Waals surface area (Å²) in [5.41, 5.74) is 2.17. The van der Waals surface area contributed by atoms with Gasteiger partial charge in [-0.3, -0.25) is 14.3 Å². The highest BCUT2D eigenvalue weighted by molar-refractivity contribution is 7.07. The molecule has 156 valence electrons. The minimum atomic E-state index is -0.676. The Bertz CT molecular complexity index is 1360. The Kier molecular flexibility index (Phi) is 5.97. The Labute approximate surface area is 187 Å². The first-order valence-corrected chi connectivity index (χ1v) is 10.6. The Morgan fingerprint density at radius 2 is 1.97 bits per heavy atom. The fraction of sp³-hybridized carbons (Fsp3) is 0.130. The van der Waals surface area contributed by atoms with Crippen LogP contribution in [0.2, 0.25) is 5.02 Å². The van der Waals surface area contributed by atoms with Gasteiger partial charge in [-0.1, -0.05) is 47.7 Å². The van der Waals surface area contributed by atoms with Gasteiger partial charge in [0.1, 0.15) is 6.61 Å². The van der Waals surface area contributed by atoms with E-state index in [0.717, 1.165) is 11.1 Å². The van der Waals surface area contributed by atoms with Crippen molar-refractivity contribution in [3.8, 4) is 0 Å². The lowest BCUT2D eigenvalue weighted by Crippen LogP contribution is -2.39. The average molecular weight is 452 g/mol. The Hall–Kier alpha value is -3.29. The first kappa shape index (κ1) is 21.0. The van der Waals surface area contributed by atoms with Gasteiger partial charge < -0.3 is 4.74 Å². The lowest BCUT2D eigenvalue weighted by atomic mass is 9.96. The molecule has 0 amide bonds. The molecule has 1 unspecified atom stereocenters. The van der Waals surface area contributed by atoms with Crippen LogP contribution in [-0.4, -0.2) is 22.1 Å². The normalized spacial score (nSPS) is 15.9. The summed E-state index contributed by atoms with van der Waals surface area (Å²) in [6, 6.07) is 10.0. The molecule has 3 aromatic rings. The molecule has 0 aliphatic carbocycles. The summed E-state index contributed by atoms with van der Waals surface area (Å²) in [6.07, 6.45) is 6.61. The first-order valence-electron chi connectivity index (χ1n) is 9.45. The average Bonchev–Trinajstić information content (AvgIpc) is 3.07. The molecular formula is C23H18ClN3O3S. The second kappa shape index (κ2) is 8.83. The summed E-state index contributed by atoms with van der Waals surface area (Å²) in [5, 5.41) is 0.560. The van der Waals surface area contributed by atoms with Crippen molar-refractivity contribution >= 4 is 35.0 Å². The van der Waals surface area contributed by atoms with Crippen molar-refractivity contribution in [1.82, 2.24) is 9.55 Å². The van der Waals surface area contributed by atoms with Crippen LogP contribution < -0.4 is 14.9 Å². The van der Waals surface area contributed by atoms with Crippen molar-refractivity contribution in [2.45, 2.75) is 13.0 Å². The summed E-state index contributed by atoms with van der Waals surface area (Å²) < 4.78 is 7.36. The monoisotopic (exact) mass is 451 g/mol. The summed E-state index contributed by atoms with van der Waals surface area (Å²) >= 11 is 7.34. The van der Waals surface area contributed by atoms with Crippen LogP contribution in [0.25, 0.3) is 6.08 Å². The molecular weight excluding hydrogens is 434 g/mol. The summed E-state index contributed by atoms with van der Waals surface area (Å²) in [4.78, 5) is 35.4.